The number of alkyl halides is 3. The van der Waals surface area contributed by atoms with Crippen LogP contribution in [0.4, 0.5) is 17.6 Å². The molecule has 118 valence electrons. The van der Waals surface area contributed by atoms with Crippen molar-refractivity contribution in [3.05, 3.63) is 35.1 Å². The summed E-state index contributed by atoms with van der Waals surface area (Å²) in [5, 5.41) is 9.76. The van der Waals surface area contributed by atoms with Gasteiger partial charge in [-0.1, -0.05) is 6.42 Å². The number of hydrogen-bond acceptors (Lipinski definition) is 2. The summed E-state index contributed by atoms with van der Waals surface area (Å²) in [6.45, 7) is 0.649. The Hall–Kier alpha value is -1.14. The van der Waals surface area contributed by atoms with Crippen LogP contribution in [0.1, 0.15) is 30.4 Å². The van der Waals surface area contributed by atoms with Crippen molar-refractivity contribution in [2.75, 3.05) is 13.6 Å². The summed E-state index contributed by atoms with van der Waals surface area (Å²) >= 11 is 0. The molecule has 0 aromatic heterocycles. The lowest BCUT2D eigenvalue weighted by atomic mass is 10.0. The second-order valence-electron chi connectivity index (χ2n) is 5.76. The predicted octanol–water partition coefficient (Wildman–Crippen LogP) is 3.44. The quantitative estimate of drug-likeness (QED) is 0.861. The normalized spacial score (nSPS) is 23.0. The Morgan fingerprint density at radius 3 is 2.57 bits per heavy atom. The molecule has 0 aliphatic heterocycles. The van der Waals surface area contributed by atoms with E-state index in [0.717, 1.165) is 37.5 Å². The highest BCUT2D eigenvalue weighted by Crippen LogP contribution is 2.31. The zero-order valence-electron chi connectivity index (χ0n) is 11.8. The Balaban J connectivity index is 2.04. The summed E-state index contributed by atoms with van der Waals surface area (Å²) in [6.07, 6.45) is -2.22. The Morgan fingerprint density at radius 2 is 2.00 bits per heavy atom. The second kappa shape index (κ2) is 6.32. The van der Waals surface area contributed by atoms with Crippen LogP contribution in [-0.2, 0) is 12.7 Å². The molecule has 1 N–H and O–H groups in total. The Labute approximate surface area is 121 Å². The molecule has 1 aromatic rings. The fourth-order valence-corrected chi connectivity index (χ4v) is 2.86. The van der Waals surface area contributed by atoms with Crippen LogP contribution in [0.2, 0.25) is 0 Å². The number of aliphatic hydroxyl groups is 1. The van der Waals surface area contributed by atoms with Gasteiger partial charge < -0.3 is 10.0 Å². The summed E-state index contributed by atoms with van der Waals surface area (Å²) < 4.78 is 51.6. The second-order valence-corrected chi connectivity index (χ2v) is 5.76. The lowest BCUT2D eigenvalue weighted by molar-refractivity contribution is -0.137. The molecule has 0 saturated heterocycles. The molecule has 1 fully saturated rings. The van der Waals surface area contributed by atoms with E-state index in [1.165, 1.54) is 0 Å². The fraction of sp³-hybridized carbons (Fsp3) is 0.600. The molecule has 2 nitrogen and oxygen atoms in total. The van der Waals surface area contributed by atoms with Gasteiger partial charge in [-0.15, -0.1) is 0 Å². The van der Waals surface area contributed by atoms with Gasteiger partial charge in [-0.25, -0.2) is 4.39 Å². The number of benzene rings is 1. The number of halogens is 4. The molecule has 1 aliphatic carbocycles. The minimum Gasteiger partial charge on any atom is -0.393 e. The van der Waals surface area contributed by atoms with Crippen LogP contribution in [0.5, 0.6) is 0 Å². The Bertz CT molecular complexity index is 489. The average molecular weight is 305 g/mol. The minimum absolute atomic E-state index is 0.0276. The molecular formula is C15H19F4NO. The highest BCUT2D eigenvalue weighted by Gasteiger charge is 2.31. The highest BCUT2D eigenvalue weighted by atomic mass is 19.4. The highest BCUT2D eigenvalue weighted by molar-refractivity contribution is 5.27. The molecule has 1 aliphatic rings. The van der Waals surface area contributed by atoms with Gasteiger partial charge in [0.25, 0.3) is 0 Å². The van der Waals surface area contributed by atoms with E-state index < -0.39 is 17.6 Å². The van der Waals surface area contributed by atoms with Crippen LogP contribution in [0.3, 0.4) is 0 Å². The van der Waals surface area contributed by atoms with Crippen molar-refractivity contribution in [1.29, 1.82) is 0 Å². The number of aliphatic hydroxyl groups excluding tert-OH is 1. The van der Waals surface area contributed by atoms with Crippen LogP contribution in [-0.4, -0.2) is 29.7 Å². The maximum Gasteiger partial charge on any atom is 0.416 e. The van der Waals surface area contributed by atoms with E-state index in [2.05, 4.69) is 0 Å². The molecule has 0 unspecified atom stereocenters. The lowest BCUT2D eigenvalue weighted by Gasteiger charge is -2.23. The number of nitrogens with zero attached hydrogens (tertiary/aromatic N) is 1. The zero-order valence-corrected chi connectivity index (χ0v) is 11.8. The van der Waals surface area contributed by atoms with E-state index in [0.29, 0.717) is 6.54 Å². The molecular weight excluding hydrogens is 286 g/mol. The molecule has 0 spiro atoms. The third kappa shape index (κ3) is 4.17. The van der Waals surface area contributed by atoms with Crippen LogP contribution < -0.4 is 0 Å². The molecule has 0 heterocycles. The first kappa shape index (κ1) is 16.2. The van der Waals surface area contributed by atoms with Gasteiger partial charge in [0, 0.05) is 18.7 Å². The van der Waals surface area contributed by atoms with E-state index in [1.807, 2.05) is 0 Å². The van der Waals surface area contributed by atoms with Gasteiger partial charge in [-0.3, -0.25) is 0 Å². The van der Waals surface area contributed by atoms with Crippen LogP contribution in [0.25, 0.3) is 0 Å². The topological polar surface area (TPSA) is 23.5 Å². The van der Waals surface area contributed by atoms with E-state index >= 15 is 0 Å². The maximum atomic E-state index is 13.7. The van der Waals surface area contributed by atoms with Gasteiger partial charge in [0.15, 0.2) is 0 Å². The summed E-state index contributed by atoms with van der Waals surface area (Å²) in [4.78, 5) is 1.76. The smallest absolute Gasteiger partial charge is 0.393 e. The monoisotopic (exact) mass is 305 g/mol. The molecule has 2 atom stereocenters. The van der Waals surface area contributed by atoms with Gasteiger partial charge in [0.05, 0.1) is 11.7 Å². The number of rotatable bonds is 4. The Kier molecular flexibility index (Phi) is 4.88. The molecule has 1 aromatic carbocycles. The third-order valence-corrected chi connectivity index (χ3v) is 3.98. The molecule has 0 amide bonds. The van der Waals surface area contributed by atoms with Crippen LogP contribution in [0.15, 0.2) is 18.2 Å². The first-order valence-corrected chi connectivity index (χ1v) is 6.99. The summed E-state index contributed by atoms with van der Waals surface area (Å²) in [5.74, 6) is -0.523. The predicted molar refractivity (Wildman–Crippen MR) is 71.1 cm³/mol. The van der Waals surface area contributed by atoms with E-state index in [-0.39, 0.29) is 24.1 Å². The largest absolute Gasteiger partial charge is 0.416 e. The van der Waals surface area contributed by atoms with Crippen molar-refractivity contribution in [3.63, 3.8) is 0 Å². The Morgan fingerprint density at radius 1 is 1.29 bits per heavy atom. The molecule has 6 heteroatoms. The van der Waals surface area contributed by atoms with Crippen molar-refractivity contribution in [3.8, 4) is 0 Å². The summed E-state index contributed by atoms with van der Waals surface area (Å²) in [7, 11) is 1.73. The van der Waals surface area contributed by atoms with Crippen LogP contribution in [0, 0.1) is 11.7 Å². The zero-order chi connectivity index (χ0) is 15.6. The van der Waals surface area contributed by atoms with Gasteiger partial charge >= 0.3 is 6.18 Å². The maximum absolute atomic E-state index is 13.7. The van der Waals surface area contributed by atoms with Gasteiger partial charge in [-0.05, 0) is 44.0 Å². The summed E-state index contributed by atoms with van der Waals surface area (Å²) in [5.41, 5.74) is -0.812. The first-order valence-electron chi connectivity index (χ1n) is 6.99. The van der Waals surface area contributed by atoms with E-state index in [1.54, 1.807) is 11.9 Å². The van der Waals surface area contributed by atoms with Crippen molar-refractivity contribution in [1.82, 2.24) is 4.90 Å². The van der Waals surface area contributed by atoms with Crippen LogP contribution >= 0.6 is 0 Å². The van der Waals surface area contributed by atoms with Gasteiger partial charge in [-0.2, -0.15) is 13.2 Å². The van der Waals surface area contributed by atoms with Gasteiger partial charge in [0.1, 0.15) is 5.82 Å². The third-order valence-electron chi connectivity index (χ3n) is 3.98. The molecule has 0 radical (unpaired) electrons. The van der Waals surface area contributed by atoms with Crippen molar-refractivity contribution in [2.24, 2.45) is 5.92 Å². The summed E-state index contributed by atoms with van der Waals surface area (Å²) in [6, 6.07) is 2.47. The molecule has 0 bridgehead atoms. The van der Waals surface area contributed by atoms with Crippen molar-refractivity contribution in [2.45, 2.75) is 38.1 Å². The molecule has 1 saturated carbocycles. The van der Waals surface area contributed by atoms with Crippen molar-refractivity contribution >= 4 is 0 Å². The molecule has 2 rings (SSSR count). The fourth-order valence-electron chi connectivity index (χ4n) is 2.86. The standard InChI is InChI=1S/C15H19F4NO/c1-20(8-10-3-2-4-14(10)21)9-11-7-12(15(17,18)19)5-6-13(11)16/h5-7,10,14,21H,2-4,8-9H2,1H3/t10-,14-/m0/s1. The molecule has 21 heavy (non-hydrogen) atoms. The first-order chi connectivity index (χ1) is 9.77. The van der Waals surface area contributed by atoms with Crippen molar-refractivity contribution < 1.29 is 22.7 Å². The SMILES string of the molecule is CN(Cc1cc(C(F)(F)F)ccc1F)C[C@@H]1CCC[C@@H]1O. The van der Waals surface area contributed by atoms with Gasteiger partial charge in [0.2, 0.25) is 0 Å². The average Bonchev–Trinajstić information content (AvgIpc) is 2.76. The van der Waals surface area contributed by atoms with E-state index in [4.69, 9.17) is 0 Å². The number of hydrogen-bond donors (Lipinski definition) is 1. The minimum atomic E-state index is -4.47. The van der Waals surface area contributed by atoms with E-state index in [9.17, 15) is 22.7 Å². The lowest BCUT2D eigenvalue weighted by Crippen LogP contribution is -2.29.